The maximum absolute atomic E-state index is 5.86. The molecule has 3 aromatic rings. The van der Waals surface area contributed by atoms with Gasteiger partial charge in [0.2, 0.25) is 11.7 Å². The minimum atomic E-state index is 0.557. The van der Waals surface area contributed by atoms with Gasteiger partial charge in [0.25, 0.3) is 0 Å². The smallest absolute Gasteiger partial charge is 0.241 e. The number of hydrogen-bond donors (Lipinski definition) is 1. The minimum Gasteiger partial charge on any atom is -0.348 e. The van der Waals surface area contributed by atoms with E-state index in [1.807, 2.05) is 24.1 Å². The Hall–Kier alpha value is -2.18. The molecule has 6 nitrogen and oxygen atoms in total. The molecule has 0 saturated heterocycles. The van der Waals surface area contributed by atoms with Crippen LogP contribution in [-0.4, -0.2) is 32.1 Å². The monoisotopic (exact) mass is 303 g/mol. The van der Waals surface area contributed by atoms with Crippen molar-refractivity contribution in [2.24, 2.45) is 0 Å². The Balaban J connectivity index is 1.66. The van der Waals surface area contributed by atoms with Crippen molar-refractivity contribution in [1.29, 1.82) is 0 Å². The van der Waals surface area contributed by atoms with E-state index in [0.717, 1.165) is 11.4 Å². The molecule has 0 unspecified atom stereocenters. The lowest BCUT2D eigenvalue weighted by Gasteiger charge is -2.11. The van der Waals surface area contributed by atoms with Crippen molar-refractivity contribution < 1.29 is 4.52 Å². The van der Waals surface area contributed by atoms with Crippen molar-refractivity contribution in [2.75, 3.05) is 7.05 Å². The summed E-state index contributed by atoms with van der Waals surface area (Å²) in [5, 5.41) is 4.67. The molecule has 1 aromatic carbocycles. The molecule has 7 heteroatoms. The largest absolute Gasteiger partial charge is 0.348 e. The zero-order valence-corrected chi connectivity index (χ0v) is 12.2. The highest BCUT2D eigenvalue weighted by Crippen LogP contribution is 2.19. The van der Waals surface area contributed by atoms with Crippen LogP contribution >= 0.6 is 11.6 Å². The molecule has 1 N–H and O–H groups in total. The van der Waals surface area contributed by atoms with Crippen molar-refractivity contribution in [3.8, 4) is 11.4 Å². The first kappa shape index (κ1) is 13.8. The zero-order valence-electron chi connectivity index (χ0n) is 11.5. The number of rotatable bonds is 5. The quantitative estimate of drug-likeness (QED) is 0.784. The van der Waals surface area contributed by atoms with Gasteiger partial charge in [0, 0.05) is 23.0 Å². The van der Waals surface area contributed by atoms with Gasteiger partial charge in [0.1, 0.15) is 5.82 Å². The average Bonchev–Trinajstić information content (AvgIpc) is 3.11. The number of imidazole rings is 1. The molecule has 0 bridgehead atoms. The first-order valence-electron chi connectivity index (χ1n) is 6.46. The highest BCUT2D eigenvalue weighted by Gasteiger charge is 2.11. The Labute approximate surface area is 126 Å². The standard InChI is InChI=1S/C14H14ClN5O/c1-20(8-12-16-6-7-17-12)9-13-18-14(19-21-13)10-2-4-11(15)5-3-10/h2-7H,8-9H2,1H3,(H,16,17). The summed E-state index contributed by atoms with van der Waals surface area (Å²) in [6, 6.07) is 7.33. The molecule has 108 valence electrons. The van der Waals surface area contributed by atoms with E-state index in [0.29, 0.717) is 29.8 Å². The van der Waals surface area contributed by atoms with Gasteiger partial charge in [-0.2, -0.15) is 4.98 Å². The number of nitrogens with one attached hydrogen (secondary N) is 1. The number of H-pyrrole nitrogens is 1. The Morgan fingerprint density at radius 3 is 2.76 bits per heavy atom. The summed E-state index contributed by atoms with van der Waals surface area (Å²) in [5.74, 6) is 2.03. The van der Waals surface area contributed by atoms with Gasteiger partial charge in [-0.1, -0.05) is 16.8 Å². The van der Waals surface area contributed by atoms with Crippen LogP contribution in [0.2, 0.25) is 5.02 Å². The summed E-state index contributed by atoms with van der Waals surface area (Å²) in [6.45, 7) is 1.24. The van der Waals surface area contributed by atoms with Gasteiger partial charge >= 0.3 is 0 Å². The third-order valence-corrected chi connectivity index (χ3v) is 3.20. The molecule has 0 aliphatic carbocycles. The van der Waals surface area contributed by atoms with Crippen molar-refractivity contribution in [2.45, 2.75) is 13.1 Å². The van der Waals surface area contributed by atoms with Crippen LogP contribution in [0.1, 0.15) is 11.7 Å². The Kier molecular flexibility index (Phi) is 3.98. The summed E-state index contributed by atoms with van der Waals surface area (Å²) in [6.07, 6.45) is 3.53. The second kappa shape index (κ2) is 6.07. The van der Waals surface area contributed by atoms with E-state index < -0.39 is 0 Å². The third-order valence-electron chi connectivity index (χ3n) is 2.95. The summed E-state index contributed by atoms with van der Waals surface area (Å²) >= 11 is 5.86. The molecule has 0 radical (unpaired) electrons. The molecule has 2 aromatic heterocycles. The molecule has 21 heavy (non-hydrogen) atoms. The SMILES string of the molecule is CN(Cc1ncc[nH]1)Cc1nc(-c2ccc(Cl)cc2)no1. The van der Waals surface area contributed by atoms with Gasteiger partial charge in [0.15, 0.2) is 0 Å². The van der Waals surface area contributed by atoms with Gasteiger partial charge in [-0.15, -0.1) is 0 Å². The van der Waals surface area contributed by atoms with Crippen molar-refractivity contribution in [3.63, 3.8) is 0 Å². The number of hydrogen-bond acceptors (Lipinski definition) is 5. The van der Waals surface area contributed by atoms with Crippen molar-refractivity contribution >= 4 is 11.6 Å². The number of halogens is 1. The van der Waals surface area contributed by atoms with Crippen molar-refractivity contribution in [1.82, 2.24) is 25.0 Å². The van der Waals surface area contributed by atoms with Gasteiger partial charge < -0.3 is 9.51 Å². The van der Waals surface area contributed by atoms with E-state index in [4.69, 9.17) is 16.1 Å². The molecule has 0 aliphatic rings. The van der Waals surface area contributed by atoms with E-state index in [1.54, 1.807) is 24.5 Å². The molecule has 2 heterocycles. The number of benzene rings is 1. The van der Waals surface area contributed by atoms with Crippen LogP contribution in [0, 0.1) is 0 Å². The van der Waals surface area contributed by atoms with Gasteiger partial charge in [-0.05, 0) is 31.3 Å². The molecular formula is C14H14ClN5O. The van der Waals surface area contributed by atoms with Gasteiger partial charge in [-0.25, -0.2) is 4.98 Å². The first-order valence-corrected chi connectivity index (χ1v) is 6.84. The highest BCUT2D eigenvalue weighted by molar-refractivity contribution is 6.30. The maximum Gasteiger partial charge on any atom is 0.241 e. The Morgan fingerprint density at radius 1 is 1.24 bits per heavy atom. The molecule has 0 spiro atoms. The molecule has 0 amide bonds. The predicted octanol–water partition coefficient (Wildman–Crippen LogP) is 2.75. The molecule has 0 atom stereocenters. The molecule has 0 fully saturated rings. The second-order valence-corrected chi connectivity index (χ2v) is 5.16. The van der Waals surface area contributed by atoms with Gasteiger partial charge in [0.05, 0.1) is 13.1 Å². The van der Waals surface area contributed by atoms with Crippen LogP contribution in [-0.2, 0) is 13.1 Å². The third kappa shape index (κ3) is 3.48. The maximum atomic E-state index is 5.86. The number of aromatic amines is 1. The zero-order chi connectivity index (χ0) is 14.7. The predicted molar refractivity (Wildman–Crippen MR) is 78.5 cm³/mol. The summed E-state index contributed by atoms with van der Waals surface area (Å²) in [5.41, 5.74) is 0.878. The van der Waals surface area contributed by atoms with E-state index in [-0.39, 0.29) is 0 Å². The lowest BCUT2D eigenvalue weighted by atomic mass is 10.2. The fourth-order valence-corrected chi connectivity index (χ4v) is 2.09. The second-order valence-electron chi connectivity index (χ2n) is 4.73. The summed E-state index contributed by atoms with van der Waals surface area (Å²) < 4.78 is 5.27. The Bertz CT molecular complexity index is 692. The van der Waals surface area contributed by atoms with E-state index >= 15 is 0 Å². The van der Waals surface area contributed by atoms with Crippen LogP contribution in [0.3, 0.4) is 0 Å². The van der Waals surface area contributed by atoms with Crippen molar-refractivity contribution in [3.05, 3.63) is 53.4 Å². The lowest BCUT2D eigenvalue weighted by Crippen LogP contribution is -2.18. The first-order chi connectivity index (χ1) is 10.2. The van der Waals surface area contributed by atoms with Crippen LogP contribution in [0.25, 0.3) is 11.4 Å². The summed E-state index contributed by atoms with van der Waals surface area (Å²) in [7, 11) is 1.97. The molecule has 0 aliphatic heterocycles. The van der Waals surface area contributed by atoms with Gasteiger partial charge in [-0.3, -0.25) is 4.90 Å². The van der Waals surface area contributed by atoms with E-state index in [1.165, 1.54) is 0 Å². The van der Waals surface area contributed by atoms with Crippen LogP contribution in [0.5, 0.6) is 0 Å². The minimum absolute atomic E-state index is 0.557. The molecule has 3 rings (SSSR count). The fourth-order valence-electron chi connectivity index (χ4n) is 1.96. The highest BCUT2D eigenvalue weighted by atomic mass is 35.5. The summed E-state index contributed by atoms with van der Waals surface area (Å²) in [4.78, 5) is 13.7. The van der Waals surface area contributed by atoms with Crippen LogP contribution < -0.4 is 0 Å². The van der Waals surface area contributed by atoms with E-state index in [9.17, 15) is 0 Å². The fraction of sp³-hybridized carbons (Fsp3) is 0.214. The lowest BCUT2D eigenvalue weighted by molar-refractivity contribution is 0.256. The average molecular weight is 304 g/mol. The normalized spacial score (nSPS) is 11.2. The molecule has 0 saturated carbocycles. The number of aromatic nitrogens is 4. The molecular weight excluding hydrogens is 290 g/mol. The Morgan fingerprint density at radius 2 is 2.05 bits per heavy atom. The number of nitrogens with zero attached hydrogens (tertiary/aromatic N) is 4. The topological polar surface area (TPSA) is 70.8 Å². The van der Waals surface area contributed by atoms with E-state index in [2.05, 4.69) is 20.1 Å². The van der Waals surface area contributed by atoms with Crippen LogP contribution in [0.15, 0.2) is 41.2 Å². The van der Waals surface area contributed by atoms with Crippen LogP contribution in [0.4, 0.5) is 0 Å².